The molecule has 2 heteroatoms. The van der Waals surface area contributed by atoms with E-state index in [2.05, 4.69) is 13.5 Å². The molecule has 0 aromatic carbocycles. The molecule has 2 heterocycles. The third kappa shape index (κ3) is 1.21. The third-order valence-corrected chi connectivity index (χ3v) is 2.56. The lowest BCUT2D eigenvalue weighted by molar-refractivity contribution is 0.191. The quantitative estimate of drug-likeness (QED) is 0.543. The zero-order chi connectivity index (χ0) is 8.55. The fourth-order valence-corrected chi connectivity index (χ4v) is 1.76. The summed E-state index contributed by atoms with van der Waals surface area (Å²) in [6.45, 7) is 9.24. The Bertz CT molecular complexity index is 240. The van der Waals surface area contributed by atoms with Crippen LogP contribution in [0, 0.1) is 5.92 Å². The molecule has 2 fully saturated rings. The van der Waals surface area contributed by atoms with E-state index >= 15 is 0 Å². The summed E-state index contributed by atoms with van der Waals surface area (Å²) in [7, 11) is 0. The van der Waals surface area contributed by atoms with E-state index in [1.165, 1.54) is 11.1 Å². The maximum absolute atomic E-state index is 5.38. The second-order valence-corrected chi connectivity index (χ2v) is 3.52. The lowest BCUT2D eigenvalue weighted by Gasteiger charge is -2.06. The molecule has 0 spiro atoms. The van der Waals surface area contributed by atoms with Crippen LogP contribution in [0.15, 0.2) is 23.3 Å². The SMILES string of the molecule is C=C1COC/C1=C1\COC[C@@H]1C. The monoisotopic (exact) mass is 166 g/mol. The molecular weight excluding hydrogens is 152 g/mol. The lowest BCUT2D eigenvalue weighted by atomic mass is 9.96. The van der Waals surface area contributed by atoms with Crippen LogP contribution in [0.4, 0.5) is 0 Å². The highest BCUT2D eigenvalue weighted by Crippen LogP contribution is 2.29. The van der Waals surface area contributed by atoms with Crippen LogP contribution in [-0.4, -0.2) is 26.4 Å². The van der Waals surface area contributed by atoms with Crippen molar-refractivity contribution in [2.45, 2.75) is 6.92 Å². The van der Waals surface area contributed by atoms with Crippen LogP contribution in [0.1, 0.15) is 6.92 Å². The van der Waals surface area contributed by atoms with Gasteiger partial charge in [0.15, 0.2) is 0 Å². The molecule has 0 bridgehead atoms. The van der Waals surface area contributed by atoms with Gasteiger partial charge in [-0.3, -0.25) is 0 Å². The third-order valence-electron chi connectivity index (χ3n) is 2.56. The molecule has 0 aromatic rings. The van der Waals surface area contributed by atoms with Crippen LogP contribution in [0.25, 0.3) is 0 Å². The van der Waals surface area contributed by atoms with Crippen molar-refractivity contribution >= 4 is 0 Å². The van der Waals surface area contributed by atoms with Crippen LogP contribution in [0.3, 0.4) is 0 Å². The molecule has 12 heavy (non-hydrogen) atoms. The minimum absolute atomic E-state index is 0.554. The van der Waals surface area contributed by atoms with E-state index in [0.29, 0.717) is 12.5 Å². The van der Waals surface area contributed by atoms with Gasteiger partial charge in [0.25, 0.3) is 0 Å². The Labute approximate surface area is 72.9 Å². The van der Waals surface area contributed by atoms with Crippen molar-refractivity contribution in [3.8, 4) is 0 Å². The Hall–Kier alpha value is -0.600. The highest BCUT2D eigenvalue weighted by atomic mass is 16.5. The molecule has 0 aromatic heterocycles. The minimum Gasteiger partial charge on any atom is -0.376 e. The molecule has 0 saturated carbocycles. The van der Waals surface area contributed by atoms with Crippen molar-refractivity contribution in [3.63, 3.8) is 0 Å². The molecular formula is C10H14O2. The van der Waals surface area contributed by atoms with Crippen molar-refractivity contribution in [2.75, 3.05) is 26.4 Å². The van der Waals surface area contributed by atoms with Gasteiger partial charge < -0.3 is 9.47 Å². The lowest BCUT2D eigenvalue weighted by Crippen LogP contribution is -2.01. The fraction of sp³-hybridized carbons (Fsp3) is 0.600. The zero-order valence-electron chi connectivity index (χ0n) is 7.43. The maximum atomic E-state index is 5.38. The van der Waals surface area contributed by atoms with Crippen LogP contribution >= 0.6 is 0 Å². The topological polar surface area (TPSA) is 18.5 Å². The molecule has 2 nitrogen and oxygen atoms in total. The normalized spacial score (nSPS) is 36.4. The molecule has 0 aliphatic carbocycles. The van der Waals surface area contributed by atoms with Crippen molar-refractivity contribution in [1.82, 2.24) is 0 Å². The molecule has 66 valence electrons. The van der Waals surface area contributed by atoms with Crippen LogP contribution in [-0.2, 0) is 9.47 Å². The van der Waals surface area contributed by atoms with Crippen molar-refractivity contribution < 1.29 is 9.47 Å². The molecule has 0 amide bonds. The Morgan fingerprint density at radius 2 is 2.08 bits per heavy atom. The first kappa shape index (κ1) is 8.02. The van der Waals surface area contributed by atoms with Gasteiger partial charge >= 0.3 is 0 Å². The largest absolute Gasteiger partial charge is 0.376 e. The first-order valence-corrected chi connectivity index (χ1v) is 4.34. The smallest absolute Gasteiger partial charge is 0.0725 e. The van der Waals surface area contributed by atoms with Crippen LogP contribution in [0.2, 0.25) is 0 Å². The summed E-state index contributed by atoms with van der Waals surface area (Å²) < 4.78 is 10.7. The molecule has 0 N–H and O–H groups in total. The van der Waals surface area contributed by atoms with E-state index in [0.717, 1.165) is 25.4 Å². The van der Waals surface area contributed by atoms with Gasteiger partial charge in [-0.05, 0) is 16.7 Å². The predicted molar refractivity (Wildman–Crippen MR) is 47.0 cm³/mol. The van der Waals surface area contributed by atoms with Crippen LogP contribution in [0.5, 0.6) is 0 Å². The van der Waals surface area contributed by atoms with E-state index < -0.39 is 0 Å². The summed E-state index contributed by atoms with van der Waals surface area (Å²) in [5, 5.41) is 0. The fourth-order valence-electron chi connectivity index (χ4n) is 1.76. The van der Waals surface area contributed by atoms with Crippen LogP contribution < -0.4 is 0 Å². The number of hydrogen-bond acceptors (Lipinski definition) is 2. The first-order valence-electron chi connectivity index (χ1n) is 4.34. The summed E-state index contributed by atoms with van der Waals surface area (Å²) in [6, 6.07) is 0. The van der Waals surface area contributed by atoms with Crippen molar-refractivity contribution in [2.24, 2.45) is 5.92 Å². The van der Waals surface area contributed by atoms with Gasteiger partial charge in [0, 0.05) is 5.92 Å². The van der Waals surface area contributed by atoms with Gasteiger partial charge in [-0.1, -0.05) is 13.5 Å². The number of rotatable bonds is 0. The van der Waals surface area contributed by atoms with E-state index in [4.69, 9.17) is 9.47 Å². The second kappa shape index (κ2) is 3.04. The Balaban J connectivity index is 2.28. The Morgan fingerprint density at radius 1 is 1.25 bits per heavy atom. The van der Waals surface area contributed by atoms with Gasteiger partial charge in [0.1, 0.15) is 0 Å². The summed E-state index contributed by atoms with van der Waals surface area (Å²) in [5.74, 6) is 0.554. The van der Waals surface area contributed by atoms with Gasteiger partial charge in [0.2, 0.25) is 0 Å². The van der Waals surface area contributed by atoms with E-state index in [9.17, 15) is 0 Å². The summed E-state index contributed by atoms with van der Waals surface area (Å²) in [5.41, 5.74) is 3.85. The highest BCUT2D eigenvalue weighted by Gasteiger charge is 2.24. The summed E-state index contributed by atoms with van der Waals surface area (Å²) >= 11 is 0. The minimum atomic E-state index is 0.554. The number of hydrogen-bond donors (Lipinski definition) is 0. The number of ether oxygens (including phenoxy) is 2. The van der Waals surface area contributed by atoms with Gasteiger partial charge in [-0.25, -0.2) is 0 Å². The standard InChI is InChI=1S/C10H14O2/c1-7-3-11-5-9(7)10-6-12-4-8(10)2/h8H,1,3-6H2,2H3/b10-9-/t8-/m0/s1. The van der Waals surface area contributed by atoms with Crippen molar-refractivity contribution in [1.29, 1.82) is 0 Å². The Morgan fingerprint density at radius 3 is 2.58 bits per heavy atom. The van der Waals surface area contributed by atoms with Gasteiger partial charge in [-0.2, -0.15) is 0 Å². The zero-order valence-corrected chi connectivity index (χ0v) is 7.43. The molecule has 2 aliphatic rings. The van der Waals surface area contributed by atoms with E-state index in [1.807, 2.05) is 0 Å². The molecule has 2 aliphatic heterocycles. The summed E-state index contributed by atoms with van der Waals surface area (Å²) in [4.78, 5) is 0. The predicted octanol–water partition coefficient (Wildman–Crippen LogP) is 1.54. The molecule has 2 rings (SSSR count). The molecule has 0 unspecified atom stereocenters. The molecule has 2 saturated heterocycles. The first-order chi connectivity index (χ1) is 5.79. The van der Waals surface area contributed by atoms with Gasteiger partial charge in [-0.15, -0.1) is 0 Å². The maximum Gasteiger partial charge on any atom is 0.0725 e. The average Bonchev–Trinajstić information content (AvgIpc) is 2.59. The second-order valence-electron chi connectivity index (χ2n) is 3.52. The molecule has 1 atom stereocenters. The van der Waals surface area contributed by atoms with Crippen molar-refractivity contribution in [3.05, 3.63) is 23.3 Å². The van der Waals surface area contributed by atoms with E-state index in [-0.39, 0.29) is 0 Å². The Kier molecular flexibility index (Phi) is 2.03. The summed E-state index contributed by atoms with van der Waals surface area (Å²) in [6.07, 6.45) is 0. The molecule has 0 radical (unpaired) electrons. The van der Waals surface area contributed by atoms with Gasteiger partial charge in [0.05, 0.1) is 26.4 Å². The highest BCUT2D eigenvalue weighted by molar-refractivity contribution is 5.39. The average molecular weight is 166 g/mol. The van der Waals surface area contributed by atoms with E-state index in [1.54, 1.807) is 0 Å².